The van der Waals surface area contributed by atoms with Crippen LogP contribution in [0.3, 0.4) is 0 Å². The molecule has 0 fully saturated rings. The summed E-state index contributed by atoms with van der Waals surface area (Å²) in [4.78, 5) is 27.4. The second kappa shape index (κ2) is 7.28. The van der Waals surface area contributed by atoms with Gasteiger partial charge in [-0.25, -0.2) is 14.6 Å². The van der Waals surface area contributed by atoms with Gasteiger partial charge in [-0.2, -0.15) is 0 Å². The molecule has 1 aliphatic rings. The first-order valence-corrected chi connectivity index (χ1v) is 7.04. The maximum absolute atomic E-state index is 11.8. The van der Waals surface area contributed by atoms with Crippen LogP contribution in [0.1, 0.15) is 40.5 Å². The normalized spacial score (nSPS) is 19.3. The Morgan fingerprint density at radius 3 is 2.67 bits per heavy atom. The lowest BCUT2D eigenvalue weighted by atomic mass is 10.1. The number of esters is 1. The summed E-state index contributed by atoms with van der Waals surface area (Å²) >= 11 is 0. The van der Waals surface area contributed by atoms with Gasteiger partial charge in [-0.05, 0) is 27.2 Å². The minimum atomic E-state index is -0.662. The van der Waals surface area contributed by atoms with Crippen LogP contribution < -0.4 is 5.32 Å². The van der Waals surface area contributed by atoms with E-state index in [4.69, 9.17) is 9.47 Å². The highest BCUT2D eigenvalue weighted by Gasteiger charge is 2.32. The van der Waals surface area contributed by atoms with Gasteiger partial charge in [0.25, 0.3) is 0 Å². The molecule has 2 unspecified atom stereocenters. The molecule has 0 spiro atoms. The maximum Gasteiger partial charge on any atom is 0.408 e. The number of aliphatic imine (C=N–C) groups is 1. The van der Waals surface area contributed by atoms with E-state index in [-0.39, 0.29) is 6.61 Å². The summed E-state index contributed by atoms with van der Waals surface area (Å²) in [6, 6.07) is -1.07. The lowest BCUT2D eigenvalue weighted by Gasteiger charge is -2.23. The van der Waals surface area contributed by atoms with Gasteiger partial charge in [0.1, 0.15) is 18.2 Å². The van der Waals surface area contributed by atoms with Gasteiger partial charge >= 0.3 is 12.1 Å². The zero-order chi connectivity index (χ0) is 16.0. The molecule has 0 radical (unpaired) electrons. The van der Waals surface area contributed by atoms with Crippen molar-refractivity contribution >= 4 is 18.0 Å². The van der Waals surface area contributed by atoms with Gasteiger partial charge in [0.05, 0.1) is 7.11 Å². The number of alkyl carbamates (subject to hydrolysis) is 1. The van der Waals surface area contributed by atoms with Crippen LogP contribution in [0.2, 0.25) is 0 Å². The first-order chi connectivity index (χ1) is 9.76. The monoisotopic (exact) mass is 300 g/mol. The van der Waals surface area contributed by atoms with Gasteiger partial charge in [0.2, 0.25) is 5.90 Å². The van der Waals surface area contributed by atoms with Crippen molar-refractivity contribution in [2.24, 2.45) is 4.99 Å². The van der Waals surface area contributed by atoms with Gasteiger partial charge in [-0.1, -0.05) is 13.3 Å². The molecule has 0 aromatic carbocycles. The third-order valence-corrected chi connectivity index (χ3v) is 2.71. The van der Waals surface area contributed by atoms with Crippen molar-refractivity contribution < 1.29 is 23.8 Å². The Balaban J connectivity index is 2.69. The minimum Gasteiger partial charge on any atom is -0.477 e. The van der Waals surface area contributed by atoms with Gasteiger partial charge in [0.15, 0.2) is 6.04 Å². The van der Waals surface area contributed by atoms with E-state index in [1.807, 2.05) is 6.92 Å². The van der Waals surface area contributed by atoms with Crippen molar-refractivity contribution in [1.82, 2.24) is 5.32 Å². The summed E-state index contributed by atoms with van der Waals surface area (Å²) < 4.78 is 15.3. The van der Waals surface area contributed by atoms with Crippen LogP contribution in [-0.2, 0) is 19.0 Å². The number of rotatable bonds is 5. The Morgan fingerprint density at radius 2 is 2.14 bits per heavy atom. The lowest BCUT2D eigenvalue weighted by Crippen LogP contribution is -2.43. The third-order valence-electron chi connectivity index (χ3n) is 2.71. The SMILES string of the molecule is CCCC(NC(=O)OC(C)(C)C)C1=NC(C(=O)OC)CO1. The van der Waals surface area contributed by atoms with Crippen molar-refractivity contribution in [3.05, 3.63) is 0 Å². The number of hydrogen-bond donors (Lipinski definition) is 1. The van der Waals surface area contributed by atoms with Crippen molar-refractivity contribution in [3.8, 4) is 0 Å². The summed E-state index contributed by atoms with van der Waals surface area (Å²) in [5.74, 6) is -0.101. The van der Waals surface area contributed by atoms with E-state index < -0.39 is 29.7 Å². The van der Waals surface area contributed by atoms with Gasteiger partial charge in [-0.15, -0.1) is 0 Å². The Bertz CT molecular complexity index is 414. The molecule has 1 heterocycles. The summed E-state index contributed by atoms with van der Waals surface area (Å²) in [5, 5.41) is 2.72. The second-order valence-electron chi connectivity index (χ2n) is 5.80. The standard InChI is InChI=1S/C14H24N2O5/c1-6-7-9(16-13(18)21-14(2,3)4)11-15-10(8-20-11)12(17)19-5/h9-10H,6-8H2,1-5H3,(H,16,18). The first kappa shape index (κ1) is 17.3. The Labute approximate surface area is 125 Å². The molecule has 2 atom stereocenters. The van der Waals surface area contributed by atoms with Crippen molar-refractivity contribution in [3.63, 3.8) is 0 Å². The fourth-order valence-corrected chi connectivity index (χ4v) is 1.84. The lowest BCUT2D eigenvalue weighted by molar-refractivity contribution is -0.142. The molecule has 0 aromatic rings. The highest BCUT2D eigenvalue weighted by Crippen LogP contribution is 2.13. The molecule has 0 aliphatic carbocycles. The summed E-state index contributed by atoms with van der Waals surface area (Å²) in [6.07, 6.45) is 0.936. The molecule has 0 bridgehead atoms. The minimum absolute atomic E-state index is 0.137. The quantitative estimate of drug-likeness (QED) is 0.780. The average Bonchev–Trinajstić information content (AvgIpc) is 2.84. The number of amides is 1. The number of nitrogens with one attached hydrogen (secondary N) is 1. The second-order valence-corrected chi connectivity index (χ2v) is 5.80. The Morgan fingerprint density at radius 1 is 1.48 bits per heavy atom. The van der Waals surface area contributed by atoms with Crippen molar-refractivity contribution in [1.29, 1.82) is 0 Å². The van der Waals surface area contributed by atoms with Crippen LogP contribution in [-0.4, -0.2) is 49.4 Å². The Kier molecular flexibility index (Phi) is 5.99. The van der Waals surface area contributed by atoms with Crippen LogP contribution >= 0.6 is 0 Å². The molecule has 1 rings (SSSR count). The predicted octanol–water partition coefficient (Wildman–Crippen LogP) is 1.65. The van der Waals surface area contributed by atoms with Gasteiger partial charge < -0.3 is 19.5 Å². The van der Waals surface area contributed by atoms with E-state index >= 15 is 0 Å². The molecule has 0 saturated heterocycles. The zero-order valence-corrected chi connectivity index (χ0v) is 13.3. The number of carbonyl (C=O) groups excluding carboxylic acids is 2. The van der Waals surface area contributed by atoms with E-state index in [1.165, 1.54) is 7.11 Å². The number of methoxy groups -OCH3 is 1. The molecule has 0 aromatic heterocycles. The molecule has 1 amide bonds. The van der Waals surface area contributed by atoms with Crippen LogP contribution in [0.25, 0.3) is 0 Å². The van der Waals surface area contributed by atoms with Crippen LogP contribution in [0.5, 0.6) is 0 Å². The topological polar surface area (TPSA) is 86.2 Å². The van der Waals surface area contributed by atoms with Crippen LogP contribution in [0, 0.1) is 0 Å². The summed E-state index contributed by atoms with van der Waals surface area (Å²) in [7, 11) is 1.30. The molecule has 0 saturated carbocycles. The largest absolute Gasteiger partial charge is 0.477 e. The number of carbonyl (C=O) groups is 2. The summed E-state index contributed by atoms with van der Waals surface area (Å²) in [5.41, 5.74) is -0.576. The molecule has 21 heavy (non-hydrogen) atoms. The van der Waals surface area contributed by atoms with Crippen LogP contribution in [0.4, 0.5) is 4.79 Å². The maximum atomic E-state index is 11.8. The Hall–Kier alpha value is -1.79. The van der Waals surface area contributed by atoms with Crippen molar-refractivity contribution in [2.45, 2.75) is 58.2 Å². The number of hydrogen-bond acceptors (Lipinski definition) is 6. The molecule has 7 nitrogen and oxygen atoms in total. The van der Waals surface area contributed by atoms with Crippen LogP contribution in [0.15, 0.2) is 4.99 Å². The van der Waals surface area contributed by atoms with Gasteiger partial charge in [-0.3, -0.25) is 0 Å². The van der Waals surface area contributed by atoms with E-state index in [9.17, 15) is 9.59 Å². The zero-order valence-electron chi connectivity index (χ0n) is 13.3. The fourth-order valence-electron chi connectivity index (χ4n) is 1.84. The highest BCUT2D eigenvalue weighted by atomic mass is 16.6. The molecule has 1 aliphatic heterocycles. The van der Waals surface area contributed by atoms with E-state index in [1.54, 1.807) is 20.8 Å². The van der Waals surface area contributed by atoms with E-state index in [0.29, 0.717) is 12.3 Å². The smallest absolute Gasteiger partial charge is 0.408 e. The molecule has 7 heteroatoms. The number of nitrogens with zero attached hydrogens (tertiary/aromatic N) is 1. The molecular weight excluding hydrogens is 276 g/mol. The van der Waals surface area contributed by atoms with Gasteiger partial charge in [0, 0.05) is 0 Å². The number of ether oxygens (including phenoxy) is 3. The predicted molar refractivity (Wildman–Crippen MR) is 77.3 cm³/mol. The summed E-state index contributed by atoms with van der Waals surface area (Å²) in [6.45, 7) is 7.49. The van der Waals surface area contributed by atoms with Crippen molar-refractivity contribution in [2.75, 3.05) is 13.7 Å². The molecule has 1 N–H and O–H groups in total. The van der Waals surface area contributed by atoms with E-state index in [0.717, 1.165) is 6.42 Å². The van der Waals surface area contributed by atoms with E-state index in [2.05, 4.69) is 15.0 Å². The molecular formula is C14H24N2O5. The molecule has 120 valence electrons. The fraction of sp³-hybridized carbons (Fsp3) is 0.786. The highest BCUT2D eigenvalue weighted by molar-refractivity contribution is 5.90. The first-order valence-electron chi connectivity index (χ1n) is 7.04. The third kappa shape index (κ3) is 5.61. The average molecular weight is 300 g/mol.